The topological polar surface area (TPSA) is 70.0 Å². The van der Waals surface area contributed by atoms with E-state index in [0.29, 0.717) is 26.3 Å². The molecule has 0 bridgehead atoms. The third kappa shape index (κ3) is 1.96. The van der Waals surface area contributed by atoms with E-state index in [1.165, 1.54) is 12.1 Å². The highest BCUT2D eigenvalue weighted by atomic mass is 19.1. The fourth-order valence-electron chi connectivity index (χ4n) is 3.06. The van der Waals surface area contributed by atoms with Crippen LogP contribution in [-0.4, -0.2) is 53.9 Å². The molecule has 108 valence electrons. The molecule has 0 aromatic heterocycles. The van der Waals surface area contributed by atoms with Gasteiger partial charge in [0.05, 0.1) is 25.4 Å². The van der Waals surface area contributed by atoms with Crippen molar-refractivity contribution in [2.24, 2.45) is 11.3 Å². The number of phenols is 1. The van der Waals surface area contributed by atoms with Gasteiger partial charge in [0.15, 0.2) is 0 Å². The minimum atomic E-state index is -0.735. The van der Waals surface area contributed by atoms with Gasteiger partial charge in [-0.05, 0) is 12.1 Å². The Labute approximate surface area is 115 Å². The van der Waals surface area contributed by atoms with Crippen LogP contribution in [0.1, 0.15) is 10.4 Å². The summed E-state index contributed by atoms with van der Waals surface area (Å²) >= 11 is 0. The second-order valence-corrected chi connectivity index (χ2v) is 5.58. The summed E-state index contributed by atoms with van der Waals surface area (Å²) in [4.78, 5) is 13.9. The molecule has 5 nitrogen and oxygen atoms in total. The maximum atomic E-state index is 13.7. The van der Waals surface area contributed by atoms with Crippen LogP contribution in [0.25, 0.3) is 0 Å². The molecule has 0 spiro atoms. The van der Waals surface area contributed by atoms with Gasteiger partial charge >= 0.3 is 0 Å². The molecular formula is C14H16FNO4. The lowest BCUT2D eigenvalue weighted by molar-refractivity contribution is 0.0627. The van der Waals surface area contributed by atoms with Crippen molar-refractivity contribution < 1.29 is 24.1 Å². The summed E-state index contributed by atoms with van der Waals surface area (Å²) in [6.45, 7) is 1.73. The van der Waals surface area contributed by atoms with Gasteiger partial charge in [-0.15, -0.1) is 0 Å². The second-order valence-electron chi connectivity index (χ2n) is 5.58. The van der Waals surface area contributed by atoms with E-state index in [4.69, 9.17) is 4.74 Å². The van der Waals surface area contributed by atoms with Crippen molar-refractivity contribution in [1.82, 2.24) is 4.90 Å². The molecule has 3 rings (SSSR count). The zero-order valence-corrected chi connectivity index (χ0v) is 10.9. The Morgan fingerprint density at radius 3 is 3.00 bits per heavy atom. The molecule has 20 heavy (non-hydrogen) atoms. The molecule has 1 aromatic rings. The molecule has 0 aliphatic carbocycles. The van der Waals surface area contributed by atoms with Crippen LogP contribution in [0.2, 0.25) is 0 Å². The van der Waals surface area contributed by atoms with Crippen LogP contribution in [0.15, 0.2) is 18.2 Å². The normalized spacial score (nSPS) is 28.7. The molecule has 2 fully saturated rings. The van der Waals surface area contributed by atoms with Crippen molar-refractivity contribution in [3.63, 3.8) is 0 Å². The first-order chi connectivity index (χ1) is 9.55. The molecule has 2 heterocycles. The third-order valence-electron chi connectivity index (χ3n) is 4.31. The number of nitrogens with zero attached hydrogens (tertiary/aromatic N) is 1. The van der Waals surface area contributed by atoms with Gasteiger partial charge in [0.1, 0.15) is 11.6 Å². The summed E-state index contributed by atoms with van der Waals surface area (Å²) in [5, 5.41) is 18.7. The number of amides is 1. The van der Waals surface area contributed by atoms with Gasteiger partial charge in [-0.1, -0.05) is 0 Å². The summed E-state index contributed by atoms with van der Waals surface area (Å²) in [6.07, 6.45) is 0. The van der Waals surface area contributed by atoms with E-state index in [1.807, 2.05) is 0 Å². The van der Waals surface area contributed by atoms with E-state index < -0.39 is 17.1 Å². The quantitative estimate of drug-likeness (QED) is 0.833. The summed E-state index contributed by atoms with van der Waals surface area (Å²) in [6, 6.07) is 3.50. The van der Waals surface area contributed by atoms with Gasteiger partial charge in [-0.3, -0.25) is 4.79 Å². The van der Waals surface area contributed by atoms with E-state index in [2.05, 4.69) is 0 Å². The van der Waals surface area contributed by atoms with Crippen molar-refractivity contribution >= 4 is 5.91 Å². The largest absolute Gasteiger partial charge is 0.508 e. The average Bonchev–Trinajstić information content (AvgIpc) is 2.94. The molecule has 1 aromatic carbocycles. The smallest absolute Gasteiger partial charge is 0.256 e. The van der Waals surface area contributed by atoms with Crippen molar-refractivity contribution in [3.05, 3.63) is 29.6 Å². The van der Waals surface area contributed by atoms with Crippen LogP contribution in [0.5, 0.6) is 5.75 Å². The summed E-state index contributed by atoms with van der Waals surface area (Å²) in [7, 11) is 0. The van der Waals surface area contributed by atoms with Gasteiger partial charge in [0, 0.05) is 30.5 Å². The number of aliphatic hydroxyl groups excluding tert-OH is 1. The number of carbonyl (C=O) groups is 1. The van der Waals surface area contributed by atoms with Gasteiger partial charge in [-0.25, -0.2) is 4.39 Å². The van der Waals surface area contributed by atoms with Crippen LogP contribution in [-0.2, 0) is 4.74 Å². The van der Waals surface area contributed by atoms with Crippen molar-refractivity contribution in [1.29, 1.82) is 0 Å². The molecule has 2 atom stereocenters. The standard InChI is InChI=1S/C14H16FNO4/c15-12-3-10(18)1-2-11(12)13(19)16-4-9-5-20-8-14(9,6-16)7-17/h1-3,9,17-18H,4-8H2/t9-,14-/m0/s1. The lowest BCUT2D eigenvalue weighted by Crippen LogP contribution is -2.36. The lowest BCUT2D eigenvalue weighted by Gasteiger charge is -2.24. The maximum absolute atomic E-state index is 13.7. The predicted molar refractivity (Wildman–Crippen MR) is 67.8 cm³/mol. The molecule has 0 saturated carbocycles. The number of halogens is 1. The SMILES string of the molecule is O=C(c1ccc(O)cc1F)N1C[C@H]2COC[C@@]2(CO)C1. The zero-order chi connectivity index (χ0) is 14.3. The molecule has 1 amide bonds. The van der Waals surface area contributed by atoms with Crippen LogP contribution in [0.4, 0.5) is 4.39 Å². The highest BCUT2D eigenvalue weighted by molar-refractivity contribution is 5.95. The number of aromatic hydroxyl groups is 1. The van der Waals surface area contributed by atoms with Crippen LogP contribution < -0.4 is 0 Å². The molecule has 0 radical (unpaired) electrons. The summed E-state index contributed by atoms with van der Waals surface area (Å²) < 4.78 is 19.1. The van der Waals surface area contributed by atoms with E-state index in [0.717, 1.165) is 6.07 Å². The number of rotatable bonds is 2. The first kappa shape index (κ1) is 13.3. The lowest BCUT2D eigenvalue weighted by atomic mass is 9.82. The van der Waals surface area contributed by atoms with Gasteiger partial charge in [0.25, 0.3) is 5.91 Å². The number of carbonyl (C=O) groups excluding carboxylic acids is 1. The molecule has 2 saturated heterocycles. The Morgan fingerprint density at radius 2 is 2.35 bits per heavy atom. The van der Waals surface area contributed by atoms with Gasteiger partial charge in [0.2, 0.25) is 0 Å². The molecular weight excluding hydrogens is 265 g/mol. The number of likely N-dealkylation sites (tertiary alicyclic amines) is 1. The number of aliphatic hydroxyl groups is 1. The Kier molecular flexibility index (Phi) is 3.14. The minimum absolute atomic E-state index is 0.0422. The van der Waals surface area contributed by atoms with Gasteiger partial charge in [-0.2, -0.15) is 0 Å². The van der Waals surface area contributed by atoms with Crippen LogP contribution >= 0.6 is 0 Å². The van der Waals surface area contributed by atoms with Crippen molar-refractivity contribution in [2.75, 3.05) is 32.9 Å². The van der Waals surface area contributed by atoms with Crippen molar-refractivity contribution in [2.45, 2.75) is 0 Å². The molecule has 2 aliphatic rings. The number of fused-ring (bicyclic) bond motifs is 1. The fourth-order valence-corrected chi connectivity index (χ4v) is 3.06. The fraction of sp³-hybridized carbons (Fsp3) is 0.500. The first-order valence-corrected chi connectivity index (χ1v) is 6.52. The Morgan fingerprint density at radius 1 is 1.55 bits per heavy atom. The molecule has 2 aliphatic heterocycles. The number of hydrogen-bond acceptors (Lipinski definition) is 4. The monoisotopic (exact) mass is 281 g/mol. The second kappa shape index (κ2) is 4.71. The Bertz CT molecular complexity index is 550. The van der Waals surface area contributed by atoms with E-state index >= 15 is 0 Å². The Balaban J connectivity index is 1.82. The van der Waals surface area contributed by atoms with E-state index in [-0.39, 0.29) is 23.8 Å². The first-order valence-electron chi connectivity index (χ1n) is 6.52. The van der Waals surface area contributed by atoms with Crippen molar-refractivity contribution in [3.8, 4) is 5.75 Å². The number of ether oxygens (including phenoxy) is 1. The predicted octanol–water partition coefficient (Wildman–Crippen LogP) is 0.612. The van der Waals surface area contributed by atoms with E-state index in [9.17, 15) is 19.4 Å². The maximum Gasteiger partial charge on any atom is 0.256 e. The molecule has 6 heteroatoms. The Hall–Kier alpha value is -1.66. The molecule has 0 unspecified atom stereocenters. The number of phenolic OH excluding ortho intramolecular Hbond substituents is 1. The third-order valence-corrected chi connectivity index (χ3v) is 4.31. The summed E-state index contributed by atoms with van der Waals surface area (Å²) in [5.41, 5.74) is -0.472. The zero-order valence-electron chi connectivity index (χ0n) is 10.9. The van der Waals surface area contributed by atoms with Crippen LogP contribution in [0, 0.1) is 17.2 Å². The number of hydrogen-bond donors (Lipinski definition) is 2. The highest BCUT2D eigenvalue weighted by Crippen LogP contribution is 2.41. The van der Waals surface area contributed by atoms with Gasteiger partial charge < -0.3 is 19.8 Å². The van der Waals surface area contributed by atoms with Crippen LogP contribution in [0.3, 0.4) is 0 Å². The van der Waals surface area contributed by atoms with E-state index in [1.54, 1.807) is 4.90 Å². The highest BCUT2D eigenvalue weighted by Gasteiger charge is 2.51. The number of benzene rings is 1. The summed E-state index contributed by atoms with van der Waals surface area (Å²) in [5.74, 6) is -1.26. The average molecular weight is 281 g/mol. The molecule has 2 N–H and O–H groups in total. The minimum Gasteiger partial charge on any atom is -0.508 e.